The van der Waals surface area contributed by atoms with Crippen LogP contribution in [0.2, 0.25) is 0 Å². The number of carbonyl (C=O) groups is 1. The van der Waals surface area contributed by atoms with Gasteiger partial charge in [0.1, 0.15) is 0 Å². The van der Waals surface area contributed by atoms with E-state index in [4.69, 9.17) is 0 Å². The van der Waals surface area contributed by atoms with Crippen LogP contribution in [0.1, 0.15) is 27.2 Å². The van der Waals surface area contributed by atoms with Gasteiger partial charge in [-0.15, -0.1) is 0 Å². The van der Waals surface area contributed by atoms with Crippen LogP contribution in [-0.4, -0.2) is 41.8 Å². The Bertz CT molecular complexity index is 190. The number of carbonyl (C=O) groups excluding carboxylic acids is 1. The average Bonchev–Trinajstić information content (AvgIpc) is 2.31. The Balaban J connectivity index is 2.38. The molecule has 1 heterocycles. The summed E-state index contributed by atoms with van der Waals surface area (Å²) >= 11 is 2.00. The number of hydrogen-bond acceptors (Lipinski definition) is 3. The smallest absolute Gasteiger partial charge is 0.152 e. The van der Waals surface area contributed by atoms with Crippen LogP contribution in [0.15, 0.2) is 0 Å². The molecule has 14 heavy (non-hydrogen) atoms. The lowest BCUT2D eigenvalue weighted by molar-refractivity contribution is -0.127. The van der Waals surface area contributed by atoms with E-state index in [1.807, 2.05) is 32.5 Å². The minimum Gasteiger partial charge on any atom is -0.298 e. The lowest BCUT2D eigenvalue weighted by atomic mass is 9.90. The first-order valence-electron chi connectivity index (χ1n) is 5.33. The molecule has 0 aromatic rings. The van der Waals surface area contributed by atoms with Crippen molar-refractivity contribution in [1.82, 2.24) is 4.90 Å². The molecule has 2 nitrogen and oxygen atoms in total. The molecular weight excluding hydrogens is 194 g/mol. The molecule has 1 rings (SSSR count). The van der Waals surface area contributed by atoms with Gasteiger partial charge in [0.05, 0.1) is 6.54 Å². The van der Waals surface area contributed by atoms with Crippen LogP contribution in [0.5, 0.6) is 0 Å². The van der Waals surface area contributed by atoms with E-state index in [2.05, 4.69) is 4.90 Å². The van der Waals surface area contributed by atoms with E-state index >= 15 is 0 Å². The van der Waals surface area contributed by atoms with Crippen molar-refractivity contribution in [2.45, 2.75) is 27.2 Å². The Hall–Kier alpha value is -0.0200. The third-order valence-electron chi connectivity index (χ3n) is 2.52. The zero-order chi connectivity index (χ0) is 10.6. The Labute approximate surface area is 91.4 Å². The zero-order valence-electron chi connectivity index (χ0n) is 9.51. The molecule has 3 heteroatoms. The number of nitrogens with zero attached hydrogens (tertiary/aromatic N) is 1. The molecule has 0 N–H and O–H groups in total. The molecule has 0 unspecified atom stereocenters. The predicted molar refractivity (Wildman–Crippen MR) is 62.8 cm³/mol. The van der Waals surface area contributed by atoms with Gasteiger partial charge >= 0.3 is 0 Å². The van der Waals surface area contributed by atoms with Crippen LogP contribution >= 0.6 is 11.8 Å². The van der Waals surface area contributed by atoms with E-state index in [0.717, 1.165) is 13.1 Å². The van der Waals surface area contributed by atoms with E-state index < -0.39 is 0 Å². The average molecular weight is 215 g/mol. The maximum atomic E-state index is 11.8. The van der Waals surface area contributed by atoms with Gasteiger partial charge in [0.2, 0.25) is 0 Å². The first-order valence-corrected chi connectivity index (χ1v) is 6.49. The maximum absolute atomic E-state index is 11.8. The number of hydrogen-bond donors (Lipinski definition) is 0. The molecule has 0 atom stereocenters. The van der Waals surface area contributed by atoms with Gasteiger partial charge in [-0.3, -0.25) is 9.69 Å². The number of Topliss-reactive ketones (excluding diaryl/α,β-unsaturated/α-hetero) is 1. The van der Waals surface area contributed by atoms with Crippen LogP contribution in [0.25, 0.3) is 0 Å². The largest absolute Gasteiger partial charge is 0.298 e. The Morgan fingerprint density at radius 3 is 2.64 bits per heavy atom. The first-order chi connectivity index (χ1) is 6.50. The standard InChI is InChI=1S/C11H21NOS/c1-11(2,3)10(13)9-12-5-4-7-14-8-6-12/h4-9H2,1-3H3. The van der Waals surface area contributed by atoms with Gasteiger partial charge < -0.3 is 0 Å². The van der Waals surface area contributed by atoms with Gasteiger partial charge in [0, 0.05) is 17.7 Å². The summed E-state index contributed by atoms with van der Waals surface area (Å²) in [5, 5.41) is 0. The molecule has 0 radical (unpaired) electrons. The summed E-state index contributed by atoms with van der Waals surface area (Å²) in [5.41, 5.74) is -0.181. The van der Waals surface area contributed by atoms with Crippen LogP contribution in [0, 0.1) is 5.41 Å². The second kappa shape index (κ2) is 5.17. The monoisotopic (exact) mass is 215 g/mol. The van der Waals surface area contributed by atoms with Crippen LogP contribution in [0.4, 0.5) is 0 Å². The number of thioether (sulfide) groups is 1. The van der Waals surface area contributed by atoms with Gasteiger partial charge in [-0.1, -0.05) is 20.8 Å². The van der Waals surface area contributed by atoms with E-state index in [0.29, 0.717) is 12.3 Å². The second-order valence-corrected chi connectivity index (χ2v) is 6.14. The highest BCUT2D eigenvalue weighted by atomic mass is 32.2. The molecule has 0 amide bonds. The van der Waals surface area contributed by atoms with Gasteiger partial charge in [0.15, 0.2) is 5.78 Å². The minimum atomic E-state index is -0.181. The summed E-state index contributed by atoms with van der Waals surface area (Å²) < 4.78 is 0. The van der Waals surface area contributed by atoms with Gasteiger partial charge in [-0.25, -0.2) is 0 Å². The van der Waals surface area contributed by atoms with Crippen molar-refractivity contribution < 1.29 is 4.79 Å². The molecular formula is C11H21NOS. The Morgan fingerprint density at radius 1 is 1.29 bits per heavy atom. The van der Waals surface area contributed by atoms with E-state index in [9.17, 15) is 4.79 Å². The summed E-state index contributed by atoms with van der Waals surface area (Å²) in [6.45, 7) is 8.82. The SMILES string of the molecule is CC(C)(C)C(=O)CN1CCCSCC1. The third kappa shape index (κ3) is 4.01. The van der Waals surface area contributed by atoms with Crippen LogP contribution in [-0.2, 0) is 4.79 Å². The normalized spacial score (nSPS) is 20.5. The molecule has 0 bridgehead atoms. The van der Waals surface area contributed by atoms with E-state index in [1.165, 1.54) is 17.9 Å². The lowest BCUT2D eigenvalue weighted by Gasteiger charge is -2.23. The van der Waals surface area contributed by atoms with Crippen molar-refractivity contribution in [1.29, 1.82) is 0 Å². The highest BCUT2D eigenvalue weighted by molar-refractivity contribution is 7.99. The zero-order valence-corrected chi connectivity index (χ0v) is 10.3. The van der Waals surface area contributed by atoms with Crippen molar-refractivity contribution in [2.75, 3.05) is 31.1 Å². The van der Waals surface area contributed by atoms with E-state index in [-0.39, 0.29) is 5.41 Å². The quantitative estimate of drug-likeness (QED) is 0.703. The van der Waals surface area contributed by atoms with E-state index in [1.54, 1.807) is 0 Å². The molecule has 0 aromatic carbocycles. The van der Waals surface area contributed by atoms with Crippen LogP contribution in [0.3, 0.4) is 0 Å². The van der Waals surface area contributed by atoms with Crippen molar-refractivity contribution in [3.05, 3.63) is 0 Å². The Morgan fingerprint density at radius 2 is 2.00 bits per heavy atom. The molecule has 0 aromatic heterocycles. The highest BCUT2D eigenvalue weighted by Gasteiger charge is 2.23. The molecule has 1 saturated heterocycles. The second-order valence-electron chi connectivity index (χ2n) is 4.92. The molecule has 0 spiro atoms. The van der Waals surface area contributed by atoms with Gasteiger partial charge in [-0.05, 0) is 18.7 Å². The minimum absolute atomic E-state index is 0.181. The lowest BCUT2D eigenvalue weighted by Crippen LogP contribution is -2.37. The molecule has 0 aliphatic carbocycles. The van der Waals surface area contributed by atoms with Crippen molar-refractivity contribution >= 4 is 17.5 Å². The highest BCUT2D eigenvalue weighted by Crippen LogP contribution is 2.16. The summed E-state index contributed by atoms with van der Waals surface area (Å²) in [4.78, 5) is 14.1. The van der Waals surface area contributed by atoms with Gasteiger partial charge in [0.25, 0.3) is 0 Å². The fourth-order valence-electron chi connectivity index (χ4n) is 1.40. The predicted octanol–water partition coefficient (Wildman–Crippen LogP) is 2.04. The number of ketones is 1. The maximum Gasteiger partial charge on any atom is 0.152 e. The topological polar surface area (TPSA) is 20.3 Å². The summed E-state index contributed by atoms with van der Waals surface area (Å²) in [6, 6.07) is 0. The fraction of sp³-hybridized carbons (Fsp3) is 0.909. The van der Waals surface area contributed by atoms with Crippen LogP contribution < -0.4 is 0 Å². The number of rotatable bonds is 2. The summed E-state index contributed by atoms with van der Waals surface area (Å²) in [5.74, 6) is 2.79. The molecule has 1 aliphatic rings. The molecule has 1 fully saturated rings. The van der Waals surface area contributed by atoms with Gasteiger partial charge in [-0.2, -0.15) is 11.8 Å². The Kier molecular flexibility index (Phi) is 4.45. The molecule has 1 aliphatic heterocycles. The third-order valence-corrected chi connectivity index (χ3v) is 3.57. The first kappa shape index (κ1) is 12.1. The summed E-state index contributed by atoms with van der Waals surface area (Å²) in [7, 11) is 0. The fourth-order valence-corrected chi connectivity index (χ4v) is 2.32. The van der Waals surface area contributed by atoms with Crippen molar-refractivity contribution in [2.24, 2.45) is 5.41 Å². The summed E-state index contributed by atoms with van der Waals surface area (Å²) in [6.07, 6.45) is 1.22. The molecule has 0 saturated carbocycles. The molecule has 82 valence electrons. The van der Waals surface area contributed by atoms with Crippen molar-refractivity contribution in [3.8, 4) is 0 Å². The van der Waals surface area contributed by atoms with Crippen molar-refractivity contribution in [3.63, 3.8) is 0 Å².